The quantitative estimate of drug-likeness (QED) is 0.792. The van der Waals surface area contributed by atoms with Crippen molar-refractivity contribution in [3.05, 3.63) is 12.2 Å². The van der Waals surface area contributed by atoms with Gasteiger partial charge in [-0.05, 0) is 51.6 Å². The lowest BCUT2D eigenvalue weighted by atomic mass is 9.95. The number of likely N-dealkylation sites (N-methyl/N-ethyl adjacent to an activating group) is 1. The Bertz CT molecular complexity index is 918. The molecule has 31 heavy (non-hydrogen) atoms. The summed E-state index contributed by atoms with van der Waals surface area (Å²) < 4.78 is 2.29. The largest absolute Gasteiger partial charge is 0.355 e. The lowest BCUT2D eigenvalue weighted by molar-refractivity contribution is -0.125. The summed E-state index contributed by atoms with van der Waals surface area (Å²) >= 11 is 0. The zero-order chi connectivity index (χ0) is 21.2. The summed E-state index contributed by atoms with van der Waals surface area (Å²) in [5.74, 6) is 2.42. The lowest BCUT2D eigenvalue weighted by Gasteiger charge is -2.32. The average molecular weight is 426 g/mol. The number of aryl methyl sites for hydroxylation is 2. The molecule has 2 saturated heterocycles. The first kappa shape index (κ1) is 20.7. The molecule has 1 atom stereocenters. The molecular formula is C23H35N7O. The van der Waals surface area contributed by atoms with E-state index < -0.39 is 0 Å². The summed E-state index contributed by atoms with van der Waals surface area (Å²) in [7, 11) is 0. The van der Waals surface area contributed by atoms with E-state index in [1.165, 1.54) is 38.6 Å². The fraction of sp³-hybridized carbons (Fsp3) is 0.739. The third kappa shape index (κ3) is 4.14. The maximum atomic E-state index is 12.8. The second-order valence-electron chi connectivity index (χ2n) is 9.29. The molecule has 0 bridgehead atoms. The van der Waals surface area contributed by atoms with Gasteiger partial charge < -0.3 is 14.8 Å². The molecule has 2 aromatic rings. The minimum Gasteiger partial charge on any atom is -0.355 e. The van der Waals surface area contributed by atoms with Crippen LogP contribution in [0.25, 0.3) is 11.2 Å². The van der Waals surface area contributed by atoms with Crippen LogP contribution in [0, 0.1) is 5.92 Å². The second-order valence-corrected chi connectivity index (χ2v) is 9.29. The van der Waals surface area contributed by atoms with Gasteiger partial charge in [0.1, 0.15) is 12.2 Å². The third-order valence-corrected chi connectivity index (χ3v) is 7.46. The van der Waals surface area contributed by atoms with Crippen LogP contribution in [-0.4, -0.2) is 69.1 Å². The topological polar surface area (TPSA) is 79.2 Å². The number of nitrogens with zero attached hydrogens (tertiary/aromatic N) is 6. The molecule has 2 aromatic heterocycles. The first-order valence-corrected chi connectivity index (χ1v) is 12.2. The van der Waals surface area contributed by atoms with Crippen LogP contribution in [0.1, 0.15) is 57.7 Å². The number of hydrogen-bond donors (Lipinski definition) is 1. The van der Waals surface area contributed by atoms with E-state index in [2.05, 4.69) is 36.6 Å². The molecule has 8 nitrogen and oxygen atoms in total. The van der Waals surface area contributed by atoms with Crippen LogP contribution in [0.2, 0.25) is 0 Å². The molecule has 3 aliphatic heterocycles. The van der Waals surface area contributed by atoms with Crippen molar-refractivity contribution < 1.29 is 4.79 Å². The first-order chi connectivity index (χ1) is 15.2. The van der Waals surface area contributed by atoms with Crippen molar-refractivity contribution in [1.29, 1.82) is 0 Å². The number of likely N-dealkylation sites (tertiary alicyclic amines) is 1. The monoisotopic (exact) mass is 425 g/mol. The molecule has 0 spiro atoms. The van der Waals surface area contributed by atoms with E-state index in [4.69, 9.17) is 4.98 Å². The Balaban J connectivity index is 1.21. The van der Waals surface area contributed by atoms with Gasteiger partial charge in [-0.25, -0.2) is 15.0 Å². The number of anilines is 1. The van der Waals surface area contributed by atoms with Gasteiger partial charge in [-0.3, -0.25) is 9.69 Å². The smallest absolute Gasteiger partial charge is 0.223 e. The van der Waals surface area contributed by atoms with Crippen molar-refractivity contribution in [2.75, 3.05) is 37.6 Å². The SMILES string of the molecule is CCN1CCCC1CNC(=O)C1CCN(c2ncnc3c2nc2n3CCCCC2)CC1. The van der Waals surface area contributed by atoms with Crippen LogP contribution < -0.4 is 10.2 Å². The van der Waals surface area contributed by atoms with Crippen molar-refractivity contribution in [2.45, 2.75) is 70.9 Å². The van der Waals surface area contributed by atoms with Crippen LogP contribution in [0.3, 0.4) is 0 Å². The normalized spacial score (nSPS) is 23.1. The van der Waals surface area contributed by atoms with E-state index in [9.17, 15) is 4.79 Å². The summed E-state index contributed by atoms with van der Waals surface area (Å²) in [5, 5.41) is 3.24. The Kier molecular flexibility index (Phi) is 6.07. The molecule has 0 saturated carbocycles. The Morgan fingerprint density at radius 2 is 1.94 bits per heavy atom. The minimum absolute atomic E-state index is 0.101. The molecule has 0 aromatic carbocycles. The highest BCUT2D eigenvalue weighted by molar-refractivity contribution is 5.84. The van der Waals surface area contributed by atoms with Crippen LogP contribution in [0.4, 0.5) is 5.82 Å². The molecule has 0 aliphatic carbocycles. The van der Waals surface area contributed by atoms with Gasteiger partial charge in [0.15, 0.2) is 17.0 Å². The number of piperidine rings is 1. The van der Waals surface area contributed by atoms with Crippen molar-refractivity contribution >= 4 is 22.9 Å². The van der Waals surface area contributed by atoms with Crippen LogP contribution in [-0.2, 0) is 17.8 Å². The van der Waals surface area contributed by atoms with Gasteiger partial charge in [-0.15, -0.1) is 0 Å². The van der Waals surface area contributed by atoms with Crippen molar-refractivity contribution in [3.63, 3.8) is 0 Å². The van der Waals surface area contributed by atoms with Gasteiger partial charge in [-0.2, -0.15) is 0 Å². The summed E-state index contributed by atoms with van der Waals surface area (Å²) in [6.45, 7) is 7.93. The number of hydrogen-bond acceptors (Lipinski definition) is 6. The molecule has 1 unspecified atom stereocenters. The Morgan fingerprint density at radius 1 is 1.06 bits per heavy atom. The van der Waals surface area contributed by atoms with E-state index in [-0.39, 0.29) is 11.8 Å². The van der Waals surface area contributed by atoms with Gasteiger partial charge in [0, 0.05) is 44.6 Å². The number of nitrogens with one attached hydrogen (secondary N) is 1. The number of amides is 1. The van der Waals surface area contributed by atoms with E-state index in [0.717, 1.165) is 74.8 Å². The van der Waals surface area contributed by atoms with Crippen molar-refractivity contribution in [3.8, 4) is 0 Å². The summed E-state index contributed by atoms with van der Waals surface area (Å²) in [5.41, 5.74) is 1.90. The summed E-state index contributed by atoms with van der Waals surface area (Å²) in [4.78, 5) is 31.7. The number of imidazole rings is 1. The Morgan fingerprint density at radius 3 is 2.77 bits per heavy atom. The van der Waals surface area contributed by atoms with Gasteiger partial charge in [-0.1, -0.05) is 13.3 Å². The predicted octanol–water partition coefficient (Wildman–Crippen LogP) is 2.37. The fourth-order valence-electron chi connectivity index (χ4n) is 5.62. The molecule has 5 rings (SSSR count). The Hall–Kier alpha value is -2.22. The number of aromatic nitrogens is 4. The van der Waals surface area contributed by atoms with E-state index in [1.807, 2.05) is 0 Å². The maximum Gasteiger partial charge on any atom is 0.223 e. The third-order valence-electron chi connectivity index (χ3n) is 7.46. The second kappa shape index (κ2) is 9.10. The Labute approximate surface area is 184 Å². The summed E-state index contributed by atoms with van der Waals surface area (Å²) in [6, 6.07) is 0.513. The standard InChI is InChI=1S/C23H35N7O/c1-2-28-11-6-7-18(28)15-24-23(31)17-9-13-29(14-10-17)21-20-22(26-16-25-21)30-12-5-3-4-8-19(30)27-20/h16-18H,2-15H2,1H3,(H,24,31). The molecule has 5 heterocycles. The number of fused-ring (bicyclic) bond motifs is 3. The number of rotatable bonds is 5. The first-order valence-electron chi connectivity index (χ1n) is 12.2. The molecule has 1 N–H and O–H groups in total. The molecule has 1 amide bonds. The predicted molar refractivity (Wildman–Crippen MR) is 121 cm³/mol. The van der Waals surface area contributed by atoms with E-state index in [1.54, 1.807) is 6.33 Å². The van der Waals surface area contributed by atoms with Crippen molar-refractivity contribution in [2.24, 2.45) is 5.92 Å². The molecule has 8 heteroatoms. The number of carbonyl (C=O) groups is 1. The zero-order valence-corrected chi connectivity index (χ0v) is 18.7. The highest BCUT2D eigenvalue weighted by Gasteiger charge is 2.29. The van der Waals surface area contributed by atoms with E-state index >= 15 is 0 Å². The highest BCUT2D eigenvalue weighted by atomic mass is 16.1. The van der Waals surface area contributed by atoms with E-state index in [0.29, 0.717) is 6.04 Å². The fourth-order valence-corrected chi connectivity index (χ4v) is 5.62. The highest BCUT2D eigenvalue weighted by Crippen LogP contribution is 2.29. The molecule has 2 fully saturated rings. The minimum atomic E-state index is 0.101. The van der Waals surface area contributed by atoms with Crippen molar-refractivity contribution in [1.82, 2.24) is 29.7 Å². The number of carbonyl (C=O) groups excluding carboxylic acids is 1. The van der Waals surface area contributed by atoms with Crippen LogP contribution in [0.15, 0.2) is 6.33 Å². The summed E-state index contributed by atoms with van der Waals surface area (Å²) in [6.07, 6.45) is 10.5. The molecular weight excluding hydrogens is 390 g/mol. The molecule has 0 radical (unpaired) electrons. The van der Waals surface area contributed by atoms with Crippen LogP contribution >= 0.6 is 0 Å². The van der Waals surface area contributed by atoms with Gasteiger partial charge in [0.05, 0.1) is 0 Å². The average Bonchev–Trinajstić information content (AvgIpc) is 3.34. The molecule has 168 valence electrons. The van der Waals surface area contributed by atoms with Crippen LogP contribution in [0.5, 0.6) is 0 Å². The van der Waals surface area contributed by atoms with Gasteiger partial charge in [0.25, 0.3) is 0 Å². The molecule has 3 aliphatic rings. The lowest BCUT2D eigenvalue weighted by Crippen LogP contribution is -2.45. The van der Waals surface area contributed by atoms with Gasteiger partial charge in [0.2, 0.25) is 5.91 Å². The van der Waals surface area contributed by atoms with Gasteiger partial charge >= 0.3 is 0 Å². The maximum absolute atomic E-state index is 12.8. The zero-order valence-electron chi connectivity index (χ0n) is 18.7.